The van der Waals surface area contributed by atoms with Crippen molar-refractivity contribution in [2.45, 2.75) is 35.8 Å². The molecule has 0 saturated heterocycles. The van der Waals surface area contributed by atoms with Crippen molar-refractivity contribution in [2.75, 3.05) is 25.5 Å². The largest absolute Gasteiger partial charge is 0.494 e. The average Bonchev–Trinajstić information content (AvgIpc) is 3.48. The summed E-state index contributed by atoms with van der Waals surface area (Å²) in [5, 5.41) is 9.03. The molecule has 1 heterocycles. The SMILES string of the molecule is O=C(NNCCc1cccc(F)c1)[C@@]1(CCS(=O)(=O)c2ccccc2)N=C(c2ccc(OCCCO)cc2)O[C@H]1c1ccccc1. The lowest BCUT2D eigenvalue weighted by molar-refractivity contribution is -0.130. The number of aliphatic imine (C=N–C) groups is 1. The van der Waals surface area contributed by atoms with Crippen LogP contribution in [0.2, 0.25) is 0 Å². The maximum Gasteiger partial charge on any atom is 0.266 e. The van der Waals surface area contributed by atoms with Gasteiger partial charge in [-0.1, -0.05) is 60.7 Å². The topological polar surface area (TPSA) is 126 Å². The van der Waals surface area contributed by atoms with Crippen molar-refractivity contribution in [2.24, 2.45) is 4.99 Å². The molecule has 3 N–H and O–H groups in total. The summed E-state index contributed by atoms with van der Waals surface area (Å²) in [6, 6.07) is 30.4. The van der Waals surface area contributed by atoms with Gasteiger partial charge < -0.3 is 14.6 Å². The number of hydrazine groups is 1. The van der Waals surface area contributed by atoms with Gasteiger partial charge in [0.2, 0.25) is 5.90 Å². The predicted molar refractivity (Wildman–Crippen MR) is 173 cm³/mol. The van der Waals surface area contributed by atoms with E-state index >= 15 is 0 Å². The third-order valence-corrected chi connectivity index (χ3v) is 9.35. The predicted octanol–water partition coefficient (Wildman–Crippen LogP) is 4.57. The number of carbonyl (C=O) groups excluding carboxylic acids is 1. The van der Waals surface area contributed by atoms with E-state index in [9.17, 15) is 17.6 Å². The Kier molecular flexibility index (Phi) is 10.8. The molecule has 5 rings (SSSR count). The van der Waals surface area contributed by atoms with Gasteiger partial charge in [0.25, 0.3) is 5.91 Å². The fraction of sp³-hybridized carbons (Fsp3) is 0.257. The van der Waals surface area contributed by atoms with Crippen molar-refractivity contribution in [3.63, 3.8) is 0 Å². The van der Waals surface area contributed by atoms with Gasteiger partial charge in [-0.15, -0.1) is 0 Å². The van der Waals surface area contributed by atoms with Gasteiger partial charge in [0.15, 0.2) is 21.5 Å². The molecule has 46 heavy (non-hydrogen) atoms. The number of aliphatic hydroxyl groups excluding tert-OH is 1. The van der Waals surface area contributed by atoms with Crippen LogP contribution in [0.25, 0.3) is 0 Å². The number of aliphatic hydroxyl groups is 1. The molecule has 2 atom stereocenters. The second-order valence-electron chi connectivity index (χ2n) is 10.8. The molecule has 11 heteroatoms. The number of hydrogen-bond donors (Lipinski definition) is 3. The minimum absolute atomic E-state index is 0.0212. The molecule has 240 valence electrons. The third-order valence-electron chi connectivity index (χ3n) is 7.62. The van der Waals surface area contributed by atoms with E-state index in [0.29, 0.717) is 42.9 Å². The van der Waals surface area contributed by atoms with E-state index < -0.39 is 27.4 Å². The number of ether oxygens (including phenoxy) is 2. The second kappa shape index (κ2) is 15.1. The zero-order valence-electron chi connectivity index (χ0n) is 25.1. The Morgan fingerprint density at radius 2 is 1.67 bits per heavy atom. The molecule has 0 saturated carbocycles. The van der Waals surface area contributed by atoms with Crippen LogP contribution in [-0.2, 0) is 25.8 Å². The normalized spacial score (nSPS) is 17.6. The molecule has 0 fully saturated rings. The van der Waals surface area contributed by atoms with Crippen molar-refractivity contribution in [1.82, 2.24) is 10.9 Å². The van der Waals surface area contributed by atoms with Gasteiger partial charge in [0.05, 0.1) is 17.3 Å². The molecular formula is C35H36FN3O6S. The summed E-state index contributed by atoms with van der Waals surface area (Å²) in [5.74, 6) is -0.503. The Labute approximate surface area is 268 Å². The first kappa shape index (κ1) is 32.8. The van der Waals surface area contributed by atoms with Crippen molar-refractivity contribution in [3.8, 4) is 5.75 Å². The smallest absolute Gasteiger partial charge is 0.266 e. The lowest BCUT2D eigenvalue weighted by Crippen LogP contribution is -2.53. The van der Waals surface area contributed by atoms with Crippen LogP contribution in [0, 0.1) is 5.82 Å². The summed E-state index contributed by atoms with van der Waals surface area (Å²) in [6.07, 6.45) is -0.184. The Balaban J connectivity index is 1.46. The first-order chi connectivity index (χ1) is 22.3. The summed E-state index contributed by atoms with van der Waals surface area (Å²) in [6.45, 7) is 0.668. The molecule has 0 bridgehead atoms. The van der Waals surface area contributed by atoms with Crippen LogP contribution in [0.1, 0.15) is 35.6 Å². The zero-order chi connectivity index (χ0) is 32.4. The summed E-state index contributed by atoms with van der Waals surface area (Å²) in [4.78, 5) is 19.2. The Morgan fingerprint density at radius 3 is 2.37 bits per heavy atom. The molecule has 0 aromatic heterocycles. The summed E-state index contributed by atoms with van der Waals surface area (Å²) in [7, 11) is -3.78. The maximum atomic E-state index is 14.2. The summed E-state index contributed by atoms with van der Waals surface area (Å²) >= 11 is 0. The number of sulfone groups is 1. The van der Waals surface area contributed by atoms with Gasteiger partial charge >= 0.3 is 0 Å². The number of rotatable bonds is 15. The van der Waals surface area contributed by atoms with E-state index in [2.05, 4.69) is 10.9 Å². The van der Waals surface area contributed by atoms with Crippen LogP contribution in [0.3, 0.4) is 0 Å². The first-order valence-electron chi connectivity index (χ1n) is 15.0. The van der Waals surface area contributed by atoms with Gasteiger partial charge in [-0.25, -0.2) is 23.2 Å². The fourth-order valence-corrected chi connectivity index (χ4v) is 6.57. The third kappa shape index (κ3) is 7.97. The highest BCUT2D eigenvalue weighted by Gasteiger charge is 2.53. The molecule has 0 spiro atoms. The first-order valence-corrected chi connectivity index (χ1v) is 16.7. The molecule has 0 aliphatic carbocycles. The van der Waals surface area contributed by atoms with Crippen LogP contribution in [0.15, 0.2) is 119 Å². The van der Waals surface area contributed by atoms with E-state index in [-0.39, 0.29) is 35.4 Å². The van der Waals surface area contributed by atoms with Crippen LogP contribution < -0.4 is 15.6 Å². The van der Waals surface area contributed by atoms with E-state index in [1.807, 2.05) is 30.3 Å². The highest BCUT2D eigenvalue weighted by Crippen LogP contribution is 2.43. The molecule has 9 nitrogen and oxygen atoms in total. The van der Waals surface area contributed by atoms with Crippen LogP contribution in [0.5, 0.6) is 5.75 Å². The molecular weight excluding hydrogens is 609 g/mol. The number of nitrogens with one attached hydrogen (secondary N) is 2. The molecule has 0 radical (unpaired) electrons. The number of nitrogens with zero attached hydrogens (tertiary/aromatic N) is 1. The summed E-state index contributed by atoms with van der Waals surface area (Å²) < 4.78 is 52.6. The number of halogens is 1. The van der Waals surface area contributed by atoms with E-state index in [0.717, 1.165) is 5.56 Å². The quantitative estimate of drug-likeness (QED) is 0.128. The number of benzene rings is 4. The Bertz CT molecular complexity index is 1740. The Morgan fingerprint density at radius 1 is 0.957 bits per heavy atom. The van der Waals surface area contributed by atoms with E-state index in [1.54, 1.807) is 54.6 Å². The van der Waals surface area contributed by atoms with Crippen molar-refractivity contribution >= 4 is 21.6 Å². The van der Waals surface area contributed by atoms with Crippen LogP contribution in [-0.4, -0.2) is 56.4 Å². The standard InChI is InChI=1S/C35H36FN3O6S/c36-29-12-7-9-26(25-29)19-21-37-39-34(41)35(20-24-46(42,43)31-13-5-2-6-14-31)32(27-10-3-1-4-11-27)45-33(38-35)28-15-17-30(18-16-28)44-23-8-22-40/h1-7,9-18,25,32,37,40H,8,19-24H2,(H,39,41)/t32-,35-/m0/s1. The maximum absolute atomic E-state index is 14.2. The number of hydrogen-bond acceptors (Lipinski definition) is 8. The van der Waals surface area contributed by atoms with Gasteiger partial charge in [-0.3, -0.25) is 10.2 Å². The second-order valence-corrected chi connectivity index (χ2v) is 13.0. The van der Waals surface area contributed by atoms with Gasteiger partial charge in [-0.2, -0.15) is 0 Å². The molecule has 1 aliphatic heterocycles. The molecule has 4 aromatic carbocycles. The van der Waals surface area contributed by atoms with Crippen LogP contribution in [0.4, 0.5) is 4.39 Å². The number of amides is 1. The van der Waals surface area contributed by atoms with E-state index in [4.69, 9.17) is 19.6 Å². The Hall–Kier alpha value is -4.58. The van der Waals surface area contributed by atoms with E-state index in [1.165, 1.54) is 24.3 Å². The molecule has 1 amide bonds. The van der Waals surface area contributed by atoms with Gasteiger partial charge in [0.1, 0.15) is 11.6 Å². The molecule has 0 unspecified atom stereocenters. The number of carbonyl (C=O) groups is 1. The summed E-state index contributed by atoms with van der Waals surface area (Å²) in [5.41, 5.74) is 5.96. The zero-order valence-corrected chi connectivity index (χ0v) is 26.0. The van der Waals surface area contributed by atoms with Crippen LogP contribution >= 0.6 is 0 Å². The van der Waals surface area contributed by atoms with Gasteiger partial charge in [0, 0.05) is 31.6 Å². The van der Waals surface area contributed by atoms with Crippen molar-refractivity contribution in [1.29, 1.82) is 0 Å². The average molecular weight is 646 g/mol. The minimum atomic E-state index is -3.78. The monoisotopic (exact) mass is 645 g/mol. The minimum Gasteiger partial charge on any atom is -0.494 e. The molecule has 1 aliphatic rings. The van der Waals surface area contributed by atoms with Crippen molar-refractivity contribution < 1.29 is 32.2 Å². The highest BCUT2D eigenvalue weighted by molar-refractivity contribution is 7.91. The highest BCUT2D eigenvalue weighted by atomic mass is 32.2. The lowest BCUT2D eigenvalue weighted by atomic mass is 9.85. The molecule has 4 aromatic rings. The fourth-order valence-electron chi connectivity index (χ4n) is 5.18. The van der Waals surface area contributed by atoms with Gasteiger partial charge in [-0.05, 0) is 66.1 Å². The lowest BCUT2D eigenvalue weighted by Gasteiger charge is -2.30. The van der Waals surface area contributed by atoms with Crippen molar-refractivity contribution in [3.05, 3.63) is 132 Å².